The third-order valence-corrected chi connectivity index (χ3v) is 24.6. The van der Waals surface area contributed by atoms with E-state index in [0.717, 1.165) is 89.9 Å². The number of nitrogens with two attached hydrogens (primary N) is 1. The molecule has 2 aromatic rings. The first kappa shape index (κ1) is 75.0. The largest absolute Gasteiger partial charge is 0.363 e. The number of benzene rings is 2. The number of carbonyl (C=O) groups is 10. The average molecular weight is 1380 g/mol. The van der Waals surface area contributed by atoms with Gasteiger partial charge in [-0.2, -0.15) is 0 Å². The van der Waals surface area contributed by atoms with Gasteiger partial charge in [-0.05, 0) is 120 Å². The Labute approximate surface area is 580 Å². The van der Waals surface area contributed by atoms with E-state index in [1.807, 2.05) is 79.7 Å². The van der Waals surface area contributed by atoms with Crippen LogP contribution in [-0.4, -0.2) is 150 Å². The lowest BCUT2D eigenvalue weighted by atomic mass is 9.78. The highest BCUT2D eigenvalue weighted by Crippen LogP contribution is 2.66. The van der Waals surface area contributed by atoms with E-state index < -0.39 is 110 Å². The molecule has 2 heterocycles. The number of nitrogens with one attached hydrogen (secondary N) is 7. The van der Waals surface area contributed by atoms with Gasteiger partial charge in [0.2, 0.25) is 35.2 Å². The molecule has 0 spiro atoms. The Morgan fingerprint density at radius 1 is 0.582 bits per heavy atom. The van der Waals surface area contributed by atoms with Crippen LogP contribution >= 0.6 is 0 Å². The standard InChI is InChI=1S/C39H57N5O5.C36H53N5O7S/c1-7-22-40-34(47)31(45)28(23-26-16-17-26)41-33(46)30-29-27(38(29,5)6)24-44(30)35(48)32(37(2,3)4)42-36(49)43-39(19-12-9-13-20-39)21-18-25-14-10-8-11-15-25;1-34(2,3)29(39-33(46)40-36(16-10-7-11-17-36)21-49(47,48)20-23-12-8-6-9-13-23)32(45)41-19-24-26(35(24,4)5)27(41)31(44)38-25(18-22-14-15-22)28(42)30(37)43/h7-8,10-11,14-15,26-30,32H,1,9,12-13,16-24H2,2-6H3,(H,40,47)(H,41,46)(H2,42,43,49);6,8-9,12-13,22,24-27,29H,7,10-11,14-21H2,1-5H3,(H2,37,43)(H,38,44)(H2,39,40,46)/t27?,28?,29-,30-,32+;24?,25?,26-,27-,29+/m00/s1. The summed E-state index contributed by atoms with van der Waals surface area (Å²) in [5, 5.41) is 20.5. The predicted molar refractivity (Wildman–Crippen MR) is 374 cm³/mol. The van der Waals surface area contributed by atoms with E-state index in [1.54, 1.807) is 29.2 Å². The highest BCUT2D eigenvalue weighted by Gasteiger charge is 2.71. The molecule has 0 radical (unpaired) electrons. The highest BCUT2D eigenvalue weighted by atomic mass is 32.2. The van der Waals surface area contributed by atoms with Crippen molar-refractivity contribution < 1.29 is 56.4 Å². The van der Waals surface area contributed by atoms with Gasteiger partial charge in [-0.3, -0.25) is 38.4 Å². The van der Waals surface area contributed by atoms with Crippen LogP contribution in [0.3, 0.4) is 0 Å². The van der Waals surface area contributed by atoms with Crippen molar-refractivity contribution >= 4 is 68.9 Å². The van der Waals surface area contributed by atoms with Gasteiger partial charge >= 0.3 is 12.1 Å². The van der Waals surface area contributed by atoms with Gasteiger partial charge in [0.15, 0.2) is 9.84 Å². The molecule has 4 unspecified atom stereocenters. The minimum absolute atomic E-state index is 0.0516. The summed E-state index contributed by atoms with van der Waals surface area (Å²) >= 11 is 0. The van der Waals surface area contributed by atoms with Gasteiger partial charge in [-0.25, -0.2) is 18.0 Å². The lowest BCUT2D eigenvalue weighted by Gasteiger charge is -2.41. The quantitative estimate of drug-likeness (QED) is 0.0318. The Morgan fingerprint density at radius 2 is 0.990 bits per heavy atom. The molecule has 2 aliphatic heterocycles. The molecule has 23 heteroatoms. The lowest BCUT2D eigenvalue weighted by molar-refractivity contribution is -0.145. The fraction of sp³-hybridized carbons (Fsp3) is 0.680. The van der Waals surface area contributed by atoms with Crippen LogP contribution in [0.4, 0.5) is 9.59 Å². The molecule has 8 aliphatic rings. The zero-order chi connectivity index (χ0) is 71.5. The summed E-state index contributed by atoms with van der Waals surface area (Å²) in [4.78, 5) is 138. The number of nitrogens with zero attached hydrogens (tertiary/aromatic N) is 2. The molecule has 10 atom stereocenters. The Morgan fingerprint density at radius 3 is 1.40 bits per heavy atom. The van der Waals surface area contributed by atoms with E-state index in [0.29, 0.717) is 44.3 Å². The molecule has 538 valence electrons. The van der Waals surface area contributed by atoms with Crippen LogP contribution in [0.1, 0.15) is 190 Å². The number of aryl methyl sites for hydroxylation is 1. The third-order valence-electron chi connectivity index (χ3n) is 22.8. The number of rotatable bonds is 27. The van der Waals surface area contributed by atoms with Crippen LogP contribution in [0.15, 0.2) is 73.3 Å². The monoisotopic (exact) mass is 1370 g/mol. The maximum absolute atomic E-state index is 14.5. The second-order valence-corrected chi connectivity index (χ2v) is 35.4. The smallest absolute Gasteiger partial charge is 0.315 e. The van der Waals surface area contributed by atoms with Gasteiger partial charge < -0.3 is 52.8 Å². The van der Waals surface area contributed by atoms with E-state index in [9.17, 15) is 56.4 Å². The summed E-state index contributed by atoms with van der Waals surface area (Å²) in [7, 11) is -3.59. The van der Waals surface area contributed by atoms with Gasteiger partial charge in [0, 0.05) is 25.2 Å². The molecule has 10 rings (SSSR count). The number of hydrogen-bond acceptors (Lipinski definition) is 12. The molecular formula is C75H110N10O12S. The maximum atomic E-state index is 14.5. The van der Waals surface area contributed by atoms with Crippen molar-refractivity contribution in [3.63, 3.8) is 0 Å². The molecule has 6 saturated carbocycles. The predicted octanol–water partition coefficient (Wildman–Crippen LogP) is 7.52. The number of primary amides is 1. The number of likely N-dealkylation sites (tertiary alicyclic amines) is 2. The first-order chi connectivity index (χ1) is 46.0. The molecule has 22 nitrogen and oxygen atoms in total. The molecule has 0 aromatic heterocycles. The van der Waals surface area contributed by atoms with Crippen molar-refractivity contribution in [2.75, 3.05) is 25.4 Å². The average Bonchev–Trinajstić information content (AvgIpc) is 1.53. The summed E-state index contributed by atoms with van der Waals surface area (Å²) in [5.74, 6) is -4.95. The second kappa shape index (κ2) is 30.0. The molecule has 6 aliphatic carbocycles. The molecule has 98 heavy (non-hydrogen) atoms. The van der Waals surface area contributed by atoms with E-state index in [4.69, 9.17) is 5.73 Å². The summed E-state index contributed by atoms with van der Waals surface area (Å²) in [6.07, 6.45) is 16.1. The molecule has 2 saturated heterocycles. The minimum Gasteiger partial charge on any atom is -0.363 e. The molecule has 0 bridgehead atoms. The van der Waals surface area contributed by atoms with Gasteiger partial charge in [0.05, 0.1) is 29.1 Å². The summed E-state index contributed by atoms with van der Waals surface area (Å²) < 4.78 is 26.8. The number of piperidine rings is 2. The fourth-order valence-electron chi connectivity index (χ4n) is 16.5. The molecule has 8 fully saturated rings. The van der Waals surface area contributed by atoms with Crippen LogP contribution in [0.5, 0.6) is 0 Å². The Balaban J connectivity index is 0.000000229. The topological polar surface area (TPSA) is 322 Å². The maximum Gasteiger partial charge on any atom is 0.315 e. The van der Waals surface area contributed by atoms with E-state index in [2.05, 4.69) is 69.8 Å². The SMILES string of the molecule is C=CCNC(=O)C(=O)C(CC1CC1)NC(=O)[C@@H]1[C@@H]2C(CN1C(=O)[C@@H](NC(=O)NC1(CCc3ccccc3)CCCCC1)C(C)(C)C)C2(C)C.CC(C)(C)[C@H](NC(=O)NC1(CS(=O)(=O)Cc2ccccc2)CCCCC1)C(=O)N1CC2[C@@H]([C@H]1C(=O)NC(CC1CC1)C(=O)C(N)=O)C2(C)C. The van der Waals surface area contributed by atoms with E-state index in [-0.39, 0.29) is 81.9 Å². The Bertz CT molecular complexity index is 3420. The third kappa shape index (κ3) is 18.2. The van der Waals surface area contributed by atoms with Crippen molar-refractivity contribution in [2.24, 2.45) is 62.9 Å². The highest BCUT2D eigenvalue weighted by molar-refractivity contribution is 7.90. The lowest BCUT2D eigenvalue weighted by Crippen LogP contribution is -2.64. The van der Waals surface area contributed by atoms with Gasteiger partial charge in [-0.15, -0.1) is 6.58 Å². The molecule has 10 amide bonds. The zero-order valence-corrected chi connectivity index (χ0v) is 60.3. The minimum atomic E-state index is -3.59. The van der Waals surface area contributed by atoms with Crippen LogP contribution in [0, 0.1) is 57.2 Å². The number of Topliss-reactive ketones (excluding diaryl/α,β-unsaturated/α-hetero) is 2. The van der Waals surface area contributed by atoms with Crippen molar-refractivity contribution in [3.8, 4) is 0 Å². The normalized spacial score (nSPS) is 25.1. The molecule has 9 N–H and O–H groups in total. The number of ketones is 2. The van der Waals surface area contributed by atoms with Crippen LogP contribution in [0.2, 0.25) is 0 Å². The second-order valence-electron chi connectivity index (χ2n) is 33.3. The fourth-order valence-corrected chi connectivity index (χ4v) is 18.5. The van der Waals surface area contributed by atoms with E-state index >= 15 is 0 Å². The Kier molecular flexibility index (Phi) is 22.9. The number of sulfone groups is 1. The van der Waals surface area contributed by atoms with Crippen LogP contribution < -0.4 is 43.0 Å². The summed E-state index contributed by atoms with van der Waals surface area (Å²) in [5.41, 5.74) is 4.12. The molecule has 2 aromatic carbocycles. The summed E-state index contributed by atoms with van der Waals surface area (Å²) in [6.45, 7) is 24.0. The van der Waals surface area contributed by atoms with Gasteiger partial charge in [0.1, 0.15) is 24.2 Å². The van der Waals surface area contributed by atoms with Crippen molar-refractivity contribution in [1.82, 2.24) is 47.0 Å². The number of carbonyl (C=O) groups excluding carboxylic acids is 10. The molecular weight excluding hydrogens is 1260 g/mol. The first-order valence-electron chi connectivity index (χ1n) is 35.9. The van der Waals surface area contributed by atoms with Gasteiger partial charge in [-0.1, -0.05) is 200 Å². The number of urea groups is 2. The van der Waals surface area contributed by atoms with Crippen LogP contribution in [0.25, 0.3) is 0 Å². The van der Waals surface area contributed by atoms with Crippen molar-refractivity contribution in [1.29, 1.82) is 0 Å². The number of fused-ring (bicyclic) bond motifs is 2. The zero-order valence-electron chi connectivity index (χ0n) is 59.5. The number of amides is 10. The van der Waals surface area contributed by atoms with Crippen molar-refractivity contribution in [2.45, 2.75) is 238 Å². The number of hydrogen-bond donors (Lipinski definition) is 8. The van der Waals surface area contributed by atoms with Crippen molar-refractivity contribution in [3.05, 3.63) is 84.4 Å². The Hall–Kier alpha value is -7.17. The van der Waals surface area contributed by atoms with Gasteiger partial charge in [0.25, 0.3) is 11.8 Å². The summed E-state index contributed by atoms with van der Waals surface area (Å²) in [6, 6.07) is 12.6. The first-order valence-corrected chi connectivity index (χ1v) is 37.8. The van der Waals surface area contributed by atoms with E-state index in [1.165, 1.54) is 16.5 Å². The van der Waals surface area contributed by atoms with Crippen LogP contribution in [-0.2, 0) is 60.4 Å².